The number of nitrogens with two attached hydrogens (primary N) is 1. The van der Waals surface area contributed by atoms with Gasteiger partial charge >= 0.3 is 35.5 Å². The van der Waals surface area contributed by atoms with Gasteiger partial charge < -0.3 is 6.26 Å². The van der Waals surface area contributed by atoms with Crippen LogP contribution in [0.5, 0.6) is 0 Å². The van der Waals surface area contributed by atoms with E-state index >= 15 is 0 Å². The van der Waals surface area contributed by atoms with Crippen molar-refractivity contribution in [1.29, 1.82) is 0 Å². The third kappa shape index (κ3) is 20.2. The monoisotopic (exact) mass is 321 g/mol. The van der Waals surface area contributed by atoms with Crippen LogP contribution in [0, 0.1) is 0 Å². The summed E-state index contributed by atoms with van der Waals surface area (Å²) in [5, 5.41) is 0. The summed E-state index contributed by atoms with van der Waals surface area (Å²) in [6.45, 7) is 2.26. The number of allylic oxidation sites excluding steroid dienone is 2. The maximum atomic E-state index is 10.8. The van der Waals surface area contributed by atoms with Gasteiger partial charge in [-0.3, -0.25) is 4.79 Å². The Labute approximate surface area is 161 Å². The molecular weight excluding hydrogens is 285 g/mol. The summed E-state index contributed by atoms with van der Waals surface area (Å²) >= 11 is 0. The third-order valence-corrected chi connectivity index (χ3v) is 3.77. The van der Waals surface area contributed by atoms with Gasteiger partial charge in [-0.15, -0.1) is 0 Å². The van der Waals surface area contributed by atoms with Crippen LogP contribution in [0.1, 0.15) is 98.2 Å². The molecule has 0 rings (SSSR count). The van der Waals surface area contributed by atoms with E-state index in [9.17, 15) is 4.79 Å². The molecule has 0 radical (unpaired) electrons. The molecule has 0 aliphatic rings. The maximum Gasteiger partial charge on any atom is 1.00 e. The molecule has 0 spiro atoms. The van der Waals surface area contributed by atoms with Crippen LogP contribution in [0.25, 0.3) is 0 Å². The Bertz CT molecular complexity index is 263. The Kier molecular flexibility index (Phi) is 23.5. The fourth-order valence-electron chi connectivity index (χ4n) is 2.40. The maximum absolute atomic E-state index is 10.8. The average Bonchev–Trinajstić information content (AvgIpc) is 2.50. The van der Waals surface area contributed by atoms with Crippen LogP contribution in [-0.4, -0.2) is 5.97 Å². The van der Waals surface area contributed by atoms with Crippen molar-refractivity contribution >= 4 is 5.97 Å². The Morgan fingerprint density at radius 1 is 0.864 bits per heavy atom. The van der Waals surface area contributed by atoms with Crippen molar-refractivity contribution in [2.24, 2.45) is 5.90 Å². The predicted molar refractivity (Wildman–Crippen MR) is 90.8 cm³/mol. The summed E-state index contributed by atoms with van der Waals surface area (Å²) in [5.41, 5.74) is 0. The molecule has 0 aliphatic carbocycles. The first-order chi connectivity index (χ1) is 10.3. The van der Waals surface area contributed by atoms with Crippen molar-refractivity contribution in [2.45, 2.75) is 96.8 Å². The quantitative estimate of drug-likeness (QED) is 0.218. The van der Waals surface area contributed by atoms with Crippen molar-refractivity contribution < 1.29 is 40.6 Å². The van der Waals surface area contributed by atoms with E-state index in [-0.39, 0.29) is 37.0 Å². The summed E-state index contributed by atoms with van der Waals surface area (Å²) < 4.78 is 0. The molecule has 0 aromatic rings. The van der Waals surface area contributed by atoms with Crippen molar-refractivity contribution in [3.63, 3.8) is 0 Å². The molecule has 0 bridgehead atoms. The molecule has 0 fully saturated rings. The molecule has 126 valence electrons. The van der Waals surface area contributed by atoms with Gasteiger partial charge in [-0.2, -0.15) is 5.90 Å². The minimum Gasteiger partial charge on any atom is -1.00 e. The molecule has 0 saturated heterocycles. The molecule has 0 atom stereocenters. The number of carbonyl (C=O) groups excluding carboxylic acids is 1. The smallest absolute Gasteiger partial charge is 1.00 e. The number of hydrogen-bond acceptors (Lipinski definition) is 3. The SMILES string of the molecule is CCCCCCCC/C=C\CCCCCCCC(=O)ON.[H-].[Na+]. The van der Waals surface area contributed by atoms with Crippen LogP contribution in [0.2, 0.25) is 0 Å². The Morgan fingerprint density at radius 2 is 1.32 bits per heavy atom. The molecule has 0 saturated carbocycles. The molecule has 0 aromatic carbocycles. The first-order valence-corrected chi connectivity index (χ1v) is 8.85. The first-order valence-electron chi connectivity index (χ1n) is 8.85. The van der Waals surface area contributed by atoms with Gasteiger partial charge in [-0.05, 0) is 32.1 Å². The second kappa shape index (κ2) is 21.2. The van der Waals surface area contributed by atoms with E-state index < -0.39 is 0 Å². The van der Waals surface area contributed by atoms with Crippen LogP contribution < -0.4 is 35.5 Å². The largest absolute Gasteiger partial charge is 1.00 e. The molecule has 2 N–H and O–H groups in total. The molecule has 0 heterocycles. The van der Waals surface area contributed by atoms with Gasteiger partial charge in [0.05, 0.1) is 0 Å². The Hall–Kier alpha value is 0.170. The van der Waals surface area contributed by atoms with Crippen LogP contribution in [-0.2, 0) is 9.63 Å². The summed E-state index contributed by atoms with van der Waals surface area (Å²) in [4.78, 5) is 14.9. The van der Waals surface area contributed by atoms with E-state index in [1.165, 1.54) is 70.6 Å². The molecule has 22 heavy (non-hydrogen) atoms. The molecular formula is C18H36NNaO2. The van der Waals surface area contributed by atoms with Crippen LogP contribution in [0.3, 0.4) is 0 Å². The van der Waals surface area contributed by atoms with Gasteiger partial charge in [0.1, 0.15) is 0 Å². The summed E-state index contributed by atoms with van der Waals surface area (Å²) in [5.74, 6) is 4.48. The van der Waals surface area contributed by atoms with E-state index in [1.807, 2.05) is 0 Å². The van der Waals surface area contributed by atoms with Crippen LogP contribution in [0.15, 0.2) is 12.2 Å². The van der Waals surface area contributed by atoms with E-state index in [4.69, 9.17) is 5.90 Å². The van der Waals surface area contributed by atoms with Gasteiger partial charge in [0.2, 0.25) is 0 Å². The van der Waals surface area contributed by atoms with E-state index in [0.717, 1.165) is 12.8 Å². The summed E-state index contributed by atoms with van der Waals surface area (Å²) in [6.07, 6.45) is 21.5. The van der Waals surface area contributed by atoms with E-state index in [1.54, 1.807) is 0 Å². The van der Waals surface area contributed by atoms with Crippen LogP contribution in [0.4, 0.5) is 0 Å². The number of unbranched alkanes of at least 4 members (excludes halogenated alkanes) is 11. The van der Waals surface area contributed by atoms with Gasteiger partial charge in [0.25, 0.3) is 0 Å². The number of carbonyl (C=O) groups is 1. The van der Waals surface area contributed by atoms with Crippen molar-refractivity contribution in [2.75, 3.05) is 0 Å². The van der Waals surface area contributed by atoms with E-state index in [2.05, 4.69) is 23.9 Å². The van der Waals surface area contributed by atoms with Gasteiger partial charge in [0, 0.05) is 6.42 Å². The second-order valence-electron chi connectivity index (χ2n) is 5.82. The molecule has 0 unspecified atom stereocenters. The molecule has 0 aromatic heterocycles. The molecule has 4 heteroatoms. The Balaban J connectivity index is -0.00000200. The first kappa shape index (κ1) is 24.4. The number of hydrogen-bond donors (Lipinski definition) is 1. The van der Waals surface area contributed by atoms with Gasteiger partial charge in [0.15, 0.2) is 0 Å². The molecule has 3 nitrogen and oxygen atoms in total. The fourth-order valence-corrected chi connectivity index (χ4v) is 2.40. The van der Waals surface area contributed by atoms with Gasteiger partial charge in [-0.1, -0.05) is 70.4 Å². The minimum absolute atomic E-state index is 0. The normalized spacial score (nSPS) is 10.6. The number of rotatable bonds is 15. The predicted octanol–water partition coefficient (Wildman–Crippen LogP) is 2.56. The topological polar surface area (TPSA) is 52.3 Å². The van der Waals surface area contributed by atoms with Gasteiger partial charge in [-0.25, -0.2) is 0 Å². The Morgan fingerprint density at radius 3 is 1.82 bits per heavy atom. The average molecular weight is 321 g/mol. The molecule has 0 amide bonds. The van der Waals surface area contributed by atoms with Crippen molar-refractivity contribution in [3.05, 3.63) is 12.2 Å². The van der Waals surface area contributed by atoms with Crippen LogP contribution >= 0.6 is 0 Å². The summed E-state index contributed by atoms with van der Waals surface area (Å²) in [7, 11) is 0. The zero-order valence-electron chi connectivity index (χ0n) is 15.9. The standard InChI is InChI=1S/C18H35NO2.Na.H/c1-2-3-4-5-6-7-8-9-10-11-12-13-14-15-16-17-18(20)21-19;;/h9-10H,2-8,11-17,19H2,1H3;;/q;+1;-1/b10-9-;;. The second-order valence-corrected chi connectivity index (χ2v) is 5.82. The third-order valence-electron chi connectivity index (χ3n) is 3.77. The van der Waals surface area contributed by atoms with E-state index in [0.29, 0.717) is 6.42 Å². The van der Waals surface area contributed by atoms with Crippen molar-refractivity contribution in [1.82, 2.24) is 0 Å². The zero-order chi connectivity index (χ0) is 15.6. The fraction of sp³-hybridized carbons (Fsp3) is 0.833. The summed E-state index contributed by atoms with van der Waals surface area (Å²) in [6, 6.07) is 0. The zero-order valence-corrected chi connectivity index (χ0v) is 16.9. The minimum atomic E-state index is -0.298. The van der Waals surface area contributed by atoms with Crippen molar-refractivity contribution in [3.8, 4) is 0 Å². The molecule has 0 aliphatic heterocycles.